The van der Waals surface area contributed by atoms with E-state index in [0.717, 1.165) is 42.1 Å². The van der Waals surface area contributed by atoms with Crippen LogP contribution in [0, 0.1) is 23.2 Å². The third kappa shape index (κ3) is 3.31. The number of hydrogen-bond acceptors (Lipinski definition) is 5. The summed E-state index contributed by atoms with van der Waals surface area (Å²) in [5, 5.41) is 8.27. The molecule has 7 heteroatoms. The van der Waals surface area contributed by atoms with Crippen molar-refractivity contribution < 1.29 is 13.2 Å². The van der Waals surface area contributed by atoms with E-state index in [4.69, 9.17) is 4.74 Å². The summed E-state index contributed by atoms with van der Waals surface area (Å²) in [6, 6.07) is 1.93. The van der Waals surface area contributed by atoms with Gasteiger partial charge in [-0.25, -0.2) is 8.42 Å². The molecule has 152 valence electrons. The summed E-state index contributed by atoms with van der Waals surface area (Å²) in [6.45, 7) is 2.89. The van der Waals surface area contributed by atoms with E-state index in [9.17, 15) is 8.42 Å². The van der Waals surface area contributed by atoms with Gasteiger partial charge in [0.2, 0.25) is 0 Å². The minimum Gasteiger partial charge on any atom is -0.493 e. The summed E-state index contributed by atoms with van der Waals surface area (Å²) in [5.74, 6) is 3.98. The summed E-state index contributed by atoms with van der Waals surface area (Å²) in [6.07, 6.45) is 12.3. The van der Waals surface area contributed by atoms with Crippen molar-refractivity contribution in [1.82, 2.24) is 14.6 Å². The van der Waals surface area contributed by atoms with E-state index in [0.29, 0.717) is 16.9 Å². The Balaban J connectivity index is 1.40. The Labute approximate surface area is 166 Å². The Kier molecular flexibility index (Phi) is 4.23. The molecule has 0 unspecified atom stereocenters. The topological polar surface area (TPSA) is 73.6 Å². The standard InChI is InChI=1S/C21H29N3O3S/c1-3-17-11-24-19(22-23-20(24)12-28(2,25)26)7-18(17)27-13-21-8-14-4-15(9-21)6-16(5-14)10-21/h7,11,14-16H,3-6,8-10,12-13H2,1-2H3. The highest BCUT2D eigenvalue weighted by atomic mass is 32.2. The van der Waals surface area contributed by atoms with Crippen LogP contribution in [-0.2, 0) is 22.0 Å². The van der Waals surface area contributed by atoms with Crippen molar-refractivity contribution in [3.8, 4) is 5.75 Å². The van der Waals surface area contributed by atoms with E-state index >= 15 is 0 Å². The monoisotopic (exact) mass is 403 g/mol. The van der Waals surface area contributed by atoms with Gasteiger partial charge in [-0.15, -0.1) is 10.2 Å². The number of fused-ring (bicyclic) bond motifs is 1. The van der Waals surface area contributed by atoms with Gasteiger partial charge in [-0.1, -0.05) is 6.92 Å². The van der Waals surface area contributed by atoms with Crippen LogP contribution in [0.15, 0.2) is 12.3 Å². The van der Waals surface area contributed by atoms with Crippen LogP contribution in [0.1, 0.15) is 56.8 Å². The average Bonchev–Trinajstić information content (AvgIpc) is 2.98. The largest absolute Gasteiger partial charge is 0.493 e. The van der Waals surface area contributed by atoms with Gasteiger partial charge in [0.1, 0.15) is 11.5 Å². The summed E-state index contributed by atoms with van der Waals surface area (Å²) >= 11 is 0. The van der Waals surface area contributed by atoms with Crippen molar-refractivity contribution in [1.29, 1.82) is 0 Å². The highest BCUT2D eigenvalue weighted by Gasteiger charge is 2.51. The van der Waals surface area contributed by atoms with Crippen molar-refractivity contribution in [2.24, 2.45) is 23.2 Å². The SMILES string of the molecule is CCc1cn2c(CS(C)(=O)=O)nnc2cc1OCC12CC3CC(CC(C3)C1)C2. The molecule has 2 heterocycles. The third-order valence-electron chi connectivity index (χ3n) is 7.13. The maximum atomic E-state index is 11.7. The Hall–Kier alpha value is -1.63. The van der Waals surface area contributed by atoms with Crippen molar-refractivity contribution in [2.75, 3.05) is 12.9 Å². The van der Waals surface area contributed by atoms with Crippen LogP contribution in [0.4, 0.5) is 0 Å². The van der Waals surface area contributed by atoms with E-state index in [2.05, 4.69) is 17.1 Å². The van der Waals surface area contributed by atoms with E-state index in [1.54, 1.807) is 4.40 Å². The van der Waals surface area contributed by atoms with Crippen LogP contribution in [0.5, 0.6) is 5.75 Å². The number of nitrogens with zero attached hydrogens (tertiary/aromatic N) is 3. The molecule has 4 saturated carbocycles. The lowest BCUT2D eigenvalue weighted by Gasteiger charge is -2.56. The molecular formula is C21H29N3O3S. The van der Waals surface area contributed by atoms with E-state index in [1.807, 2.05) is 12.3 Å². The van der Waals surface area contributed by atoms with Gasteiger partial charge in [0, 0.05) is 29.5 Å². The lowest BCUT2D eigenvalue weighted by molar-refractivity contribution is -0.0746. The molecular weight excluding hydrogens is 374 g/mol. The molecule has 0 atom stereocenters. The lowest BCUT2D eigenvalue weighted by atomic mass is 9.50. The first kappa shape index (κ1) is 18.4. The van der Waals surface area contributed by atoms with Crippen molar-refractivity contribution in [2.45, 2.75) is 57.6 Å². The molecule has 0 N–H and O–H groups in total. The second-order valence-corrected chi connectivity index (χ2v) is 11.8. The lowest BCUT2D eigenvalue weighted by Crippen LogP contribution is -2.48. The number of rotatable bonds is 6. The van der Waals surface area contributed by atoms with Gasteiger partial charge in [-0.05, 0) is 62.7 Å². The summed E-state index contributed by atoms with van der Waals surface area (Å²) in [7, 11) is -3.16. The smallest absolute Gasteiger partial charge is 0.164 e. The summed E-state index contributed by atoms with van der Waals surface area (Å²) in [5.41, 5.74) is 2.09. The molecule has 2 aromatic heterocycles. The molecule has 0 aliphatic heterocycles. The van der Waals surface area contributed by atoms with Gasteiger partial charge >= 0.3 is 0 Å². The first-order chi connectivity index (χ1) is 13.3. The average molecular weight is 404 g/mol. The maximum absolute atomic E-state index is 11.7. The van der Waals surface area contributed by atoms with Gasteiger partial charge in [0.05, 0.1) is 6.61 Å². The van der Waals surface area contributed by atoms with Gasteiger partial charge in [-0.2, -0.15) is 0 Å². The zero-order valence-corrected chi connectivity index (χ0v) is 17.5. The normalized spacial score (nSPS) is 31.6. The highest BCUT2D eigenvalue weighted by Crippen LogP contribution is 2.60. The molecule has 0 spiro atoms. The van der Waals surface area contributed by atoms with Crippen LogP contribution < -0.4 is 4.74 Å². The Morgan fingerprint density at radius 2 is 1.79 bits per heavy atom. The highest BCUT2D eigenvalue weighted by molar-refractivity contribution is 7.89. The van der Waals surface area contributed by atoms with Crippen LogP contribution in [0.3, 0.4) is 0 Å². The number of aromatic nitrogens is 3. The minimum absolute atomic E-state index is 0.106. The maximum Gasteiger partial charge on any atom is 0.164 e. The number of ether oxygens (including phenoxy) is 1. The summed E-state index contributed by atoms with van der Waals surface area (Å²) < 4.78 is 31.6. The zero-order valence-electron chi connectivity index (χ0n) is 16.7. The molecule has 28 heavy (non-hydrogen) atoms. The Morgan fingerprint density at radius 3 is 2.36 bits per heavy atom. The number of sulfone groups is 1. The van der Waals surface area contributed by atoms with Crippen molar-refractivity contribution >= 4 is 15.5 Å². The Bertz CT molecular complexity index is 976. The molecule has 0 radical (unpaired) electrons. The molecule has 4 aliphatic carbocycles. The van der Waals surface area contributed by atoms with Gasteiger partial charge in [-0.3, -0.25) is 4.40 Å². The second-order valence-electron chi connectivity index (χ2n) is 9.64. The molecule has 4 fully saturated rings. The van der Waals surface area contributed by atoms with Gasteiger partial charge in [0.25, 0.3) is 0 Å². The van der Waals surface area contributed by atoms with E-state index in [1.165, 1.54) is 44.8 Å². The van der Waals surface area contributed by atoms with Gasteiger partial charge < -0.3 is 4.74 Å². The summed E-state index contributed by atoms with van der Waals surface area (Å²) in [4.78, 5) is 0. The third-order valence-corrected chi connectivity index (χ3v) is 7.91. The number of pyridine rings is 1. The minimum atomic E-state index is -3.16. The fourth-order valence-corrected chi connectivity index (χ4v) is 7.10. The number of aryl methyl sites for hydroxylation is 1. The molecule has 2 aromatic rings. The fraction of sp³-hybridized carbons (Fsp3) is 0.714. The Morgan fingerprint density at radius 1 is 1.14 bits per heavy atom. The van der Waals surface area contributed by atoms with Gasteiger partial charge in [0.15, 0.2) is 21.3 Å². The first-order valence-electron chi connectivity index (χ1n) is 10.5. The van der Waals surface area contributed by atoms with Crippen LogP contribution >= 0.6 is 0 Å². The predicted molar refractivity (Wildman–Crippen MR) is 107 cm³/mol. The van der Waals surface area contributed by atoms with Crippen molar-refractivity contribution in [3.63, 3.8) is 0 Å². The molecule has 0 saturated heterocycles. The quantitative estimate of drug-likeness (QED) is 0.739. The molecule has 4 aliphatic rings. The molecule has 6 nitrogen and oxygen atoms in total. The van der Waals surface area contributed by atoms with E-state index in [-0.39, 0.29) is 5.75 Å². The van der Waals surface area contributed by atoms with E-state index < -0.39 is 9.84 Å². The molecule has 0 amide bonds. The molecule has 0 aromatic carbocycles. The second kappa shape index (κ2) is 6.44. The fourth-order valence-electron chi connectivity index (χ4n) is 6.44. The van der Waals surface area contributed by atoms with Crippen LogP contribution in [0.2, 0.25) is 0 Å². The van der Waals surface area contributed by atoms with Crippen LogP contribution in [0.25, 0.3) is 5.65 Å². The number of hydrogen-bond donors (Lipinski definition) is 0. The molecule has 4 bridgehead atoms. The van der Waals surface area contributed by atoms with Crippen LogP contribution in [-0.4, -0.2) is 35.9 Å². The molecule has 6 rings (SSSR count). The zero-order chi connectivity index (χ0) is 19.5. The first-order valence-corrected chi connectivity index (χ1v) is 12.6. The van der Waals surface area contributed by atoms with Crippen molar-refractivity contribution in [3.05, 3.63) is 23.7 Å². The predicted octanol–water partition coefficient (Wildman–Crippen LogP) is 3.43.